The predicted octanol–water partition coefficient (Wildman–Crippen LogP) is 3.42. The molecule has 0 amide bonds. The second-order valence-electron chi connectivity index (χ2n) is 4.41. The van der Waals surface area contributed by atoms with Crippen molar-refractivity contribution in [3.05, 3.63) is 0 Å². The Morgan fingerprint density at radius 1 is 0.909 bits per heavy atom. The van der Waals surface area contributed by atoms with Gasteiger partial charge in [-0.25, -0.2) is 4.39 Å². The van der Waals surface area contributed by atoms with Gasteiger partial charge < -0.3 is 0 Å². The molecule has 0 spiro atoms. The first-order valence-electron chi connectivity index (χ1n) is 4.73. The average molecular weight is 158 g/mol. The molecule has 0 heterocycles. The highest BCUT2D eigenvalue weighted by Crippen LogP contribution is 2.32. The summed E-state index contributed by atoms with van der Waals surface area (Å²) in [5, 5.41) is 0. The van der Waals surface area contributed by atoms with Gasteiger partial charge in [-0.2, -0.15) is 0 Å². The van der Waals surface area contributed by atoms with E-state index in [9.17, 15) is 4.39 Å². The maximum atomic E-state index is 13.3. The standard InChI is InChI=1S/C10H19F/c1-7-4-8(2)6-10(11)9(3)5-7/h7-10H,4-6H2,1-3H3. The SMILES string of the molecule is CC1CC(C)CC(F)C(C)C1. The molecule has 1 saturated carbocycles. The minimum Gasteiger partial charge on any atom is -0.247 e. The van der Waals surface area contributed by atoms with Crippen LogP contribution in [0.2, 0.25) is 0 Å². The van der Waals surface area contributed by atoms with Crippen molar-refractivity contribution < 1.29 is 4.39 Å². The molecule has 0 aromatic rings. The van der Waals surface area contributed by atoms with Crippen LogP contribution < -0.4 is 0 Å². The minimum absolute atomic E-state index is 0.287. The normalized spacial score (nSPS) is 46.9. The van der Waals surface area contributed by atoms with Gasteiger partial charge >= 0.3 is 0 Å². The fourth-order valence-corrected chi connectivity index (χ4v) is 2.28. The highest BCUT2D eigenvalue weighted by Gasteiger charge is 2.26. The van der Waals surface area contributed by atoms with E-state index >= 15 is 0 Å². The molecule has 66 valence electrons. The number of hydrogen-bond acceptors (Lipinski definition) is 0. The van der Waals surface area contributed by atoms with Crippen molar-refractivity contribution in [3.8, 4) is 0 Å². The van der Waals surface area contributed by atoms with Crippen molar-refractivity contribution in [1.29, 1.82) is 0 Å². The molecule has 0 aliphatic heterocycles. The van der Waals surface area contributed by atoms with Gasteiger partial charge in [0.25, 0.3) is 0 Å². The first-order chi connectivity index (χ1) is 5.09. The molecule has 1 rings (SSSR count). The topological polar surface area (TPSA) is 0 Å². The molecule has 11 heavy (non-hydrogen) atoms. The highest BCUT2D eigenvalue weighted by atomic mass is 19.1. The van der Waals surface area contributed by atoms with E-state index in [1.165, 1.54) is 6.42 Å². The van der Waals surface area contributed by atoms with Gasteiger partial charge in [0.05, 0.1) is 0 Å². The summed E-state index contributed by atoms with van der Waals surface area (Å²) in [6.07, 6.45) is 2.52. The Morgan fingerprint density at radius 3 is 2.09 bits per heavy atom. The molecule has 0 nitrogen and oxygen atoms in total. The number of rotatable bonds is 0. The van der Waals surface area contributed by atoms with Crippen LogP contribution >= 0.6 is 0 Å². The largest absolute Gasteiger partial charge is 0.247 e. The van der Waals surface area contributed by atoms with Crippen LogP contribution in [0.15, 0.2) is 0 Å². The summed E-state index contributed by atoms with van der Waals surface area (Å²) in [6.45, 7) is 6.45. The van der Waals surface area contributed by atoms with Gasteiger partial charge in [-0.05, 0) is 37.0 Å². The lowest BCUT2D eigenvalue weighted by atomic mass is 9.95. The lowest BCUT2D eigenvalue weighted by Gasteiger charge is -2.14. The van der Waals surface area contributed by atoms with Crippen molar-refractivity contribution in [3.63, 3.8) is 0 Å². The predicted molar refractivity (Wildman–Crippen MR) is 46.2 cm³/mol. The molecule has 4 unspecified atom stereocenters. The molecule has 0 radical (unpaired) electrons. The van der Waals surface area contributed by atoms with E-state index in [1.807, 2.05) is 6.92 Å². The second kappa shape index (κ2) is 3.55. The molecule has 1 heteroatoms. The van der Waals surface area contributed by atoms with E-state index in [4.69, 9.17) is 0 Å². The van der Waals surface area contributed by atoms with Crippen LogP contribution in [0, 0.1) is 17.8 Å². The van der Waals surface area contributed by atoms with E-state index in [2.05, 4.69) is 13.8 Å². The van der Waals surface area contributed by atoms with Crippen LogP contribution in [0.25, 0.3) is 0 Å². The summed E-state index contributed by atoms with van der Waals surface area (Å²) in [4.78, 5) is 0. The fourth-order valence-electron chi connectivity index (χ4n) is 2.28. The monoisotopic (exact) mass is 158 g/mol. The van der Waals surface area contributed by atoms with Crippen LogP contribution in [-0.4, -0.2) is 6.17 Å². The minimum atomic E-state index is -0.546. The molecule has 4 atom stereocenters. The molecule has 1 aliphatic carbocycles. The number of halogens is 1. The van der Waals surface area contributed by atoms with Gasteiger partial charge in [0.15, 0.2) is 0 Å². The summed E-state index contributed by atoms with van der Waals surface area (Å²) in [5.41, 5.74) is 0. The van der Waals surface area contributed by atoms with Crippen molar-refractivity contribution in [1.82, 2.24) is 0 Å². The lowest BCUT2D eigenvalue weighted by Crippen LogP contribution is -2.12. The molecular weight excluding hydrogens is 139 g/mol. The third-order valence-electron chi connectivity index (χ3n) is 2.82. The molecule has 0 aromatic heterocycles. The van der Waals surface area contributed by atoms with Crippen LogP contribution in [0.3, 0.4) is 0 Å². The third kappa shape index (κ3) is 2.46. The van der Waals surface area contributed by atoms with E-state index < -0.39 is 6.17 Å². The Hall–Kier alpha value is -0.0700. The second-order valence-corrected chi connectivity index (χ2v) is 4.41. The fraction of sp³-hybridized carbons (Fsp3) is 1.00. The first kappa shape index (κ1) is 9.02. The summed E-state index contributed by atoms with van der Waals surface area (Å²) in [7, 11) is 0. The molecule has 0 bridgehead atoms. The molecule has 1 aliphatic rings. The van der Waals surface area contributed by atoms with Gasteiger partial charge in [0.1, 0.15) is 6.17 Å². The van der Waals surface area contributed by atoms with Crippen LogP contribution in [-0.2, 0) is 0 Å². The van der Waals surface area contributed by atoms with Crippen molar-refractivity contribution in [2.24, 2.45) is 17.8 Å². The zero-order valence-corrected chi connectivity index (χ0v) is 7.81. The number of alkyl halides is 1. The molecule has 0 saturated heterocycles. The van der Waals surface area contributed by atoms with Gasteiger partial charge in [-0.3, -0.25) is 0 Å². The smallest absolute Gasteiger partial charge is 0.103 e. The Labute approximate surface area is 69.2 Å². The Bertz CT molecular complexity index is 108. The van der Waals surface area contributed by atoms with E-state index in [-0.39, 0.29) is 5.92 Å². The van der Waals surface area contributed by atoms with Gasteiger partial charge in [0.2, 0.25) is 0 Å². The summed E-state index contributed by atoms with van der Waals surface area (Å²) in [6, 6.07) is 0. The van der Waals surface area contributed by atoms with Crippen LogP contribution in [0.4, 0.5) is 4.39 Å². The van der Waals surface area contributed by atoms with E-state index in [0.29, 0.717) is 5.92 Å². The maximum Gasteiger partial charge on any atom is 0.103 e. The highest BCUT2D eigenvalue weighted by molar-refractivity contribution is 4.76. The van der Waals surface area contributed by atoms with Crippen LogP contribution in [0.5, 0.6) is 0 Å². The average Bonchev–Trinajstić information content (AvgIpc) is 1.93. The zero-order chi connectivity index (χ0) is 8.43. The lowest BCUT2D eigenvalue weighted by molar-refractivity contribution is 0.211. The van der Waals surface area contributed by atoms with Crippen LogP contribution in [0.1, 0.15) is 40.0 Å². The summed E-state index contributed by atoms with van der Waals surface area (Å²) in [5.74, 6) is 1.60. The van der Waals surface area contributed by atoms with Crippen molar-refractivity contribution >= 4 is 0 Å². The quantitative estimate of drug-likeness (QED) is 0.474. The Morgan fingerprint density at radius 2 is 1.45 bits per heavy atom. The van der Waals surface area contributed by atoms with E-state index in [1.54, 1.807) is 0 Å². The van der Waals surface area contributed by atoms with Gasteiger partial charge in [0, 0.05) is 0 Å². The summed E-state index contributed by atoms with van der Waals surface area (Å²) >= 11 is 0. The third-order valence-corrected chi connectivity index (χ3v) is 2.82. The maximum absolute atomic E-state index is 13.3. The van der Waals surface area contributed by atoms with Crippen molar-refractivity contribution in [2.75, 3.05) is 0 Å². The molecule has 0 N–H and O–H groups in total. The number of hydrogen-bond donors (Lipinski definition) is 0. The molecule has 1 fully saturated rings. The Kier molecular flexibility index (Phi) is 2.91. The van der Waals surface area contributed by atoms with Gasteiger partial charge in [-0.15, -0.1) is 0 Å². The zero-order valence-electron chi connectivity index (χ0n) is 7.81. The van der Waals surface area contributed by atoms with Crippen molar-refractivity contribution in [2.45, 2.75) is 46.2 Å². The van der Waals surface area contributed by atoms with E-state index in [0.717, 1.165) is 18.8 Å². The Balaban J connectivity index is 2.51. The first-order valence-corrected chi connectivity index (χ1v) is 4.73. The van der Waals surface area contributed by atoms with Gasteiger partial charge in [-0.1, -0.05) is 20.8 Å². The molecule has 0 aromatic carbocycles. The molecular formula is C10H19F. The summed E-state index contributed by atoms with van der Waals surface area (Å²) < 4.78 is 13.3.